The van der Waals surface area contributed by atoms with E-state index in [2.05, 4.69) is 27.6 Å². The number of hydrogen-bond donors (Lipinski definition) is 2. The third-order valence-corrected chi connectivity index (χ3v) is 7.64. The Kier molecular flexibility index (Phi) is 4.64. The molecule has 2 N–H and O–H groups in total. The lowest BCUT2D eigenvalue weighted by Crippen LogP contribution is -2.12. The van der Waals surface area contributed by atoms with Crippen molar-refractivity contribution in [3.63, 3.8) is 0 Å². The fourth-order valence-corrected chi connectivity index (χ4v) is 6.04. The van der Waals surface area contributed by atoms with Crippen molar-refractivity contribution in [3.8, 4) is 10.6 Å². The van der Waals surface area contributed by atoms with E-state index in [1.807, 2.05) is 53.2 Å². The van der Waals surface area contributed by atoms with E-state index in [1.165, 1.54) is 17.1 Å². The Morgan fingerprint density at radius 1 is 1.17 bits per heavy atom. The first kappa shape index (κ1) is 15.8. The molecule has 0 unspecified atom stereocenters. The van der Waals surface area contributed by atoms with Crippen molar-refractivity contribution in [1.82, 2.24) is 10.2 Å². The average molecular weight is 374 g/mol. The van der Waals surface area contributed by atoms with Gasteiger partial charge < -0.3 is 5.32 Å². The molecule has 24 heavy (non-hydrogen) atoms. The molecule has 1 fully saturated rings. The van der Waals surface area contributed by atoms with Crippen LogP contribution in [0.1, 0.15) is 20.6 Å². The van der Waals surface area contributed by atoms with E-state index in [0.29, 0.717) is 10.3 Å². The first-order valence-corrected chi connectivity index (χ1v) is 10.5. The van der Waals surface area contributed by atoms with Crippen LogP contribution in [0.5, 0.6) is 0 Å². The number of carbonyl (C=O) groups excluding carboxylic acids is 1. The Morgan fingerprint density at radius 2 is 2.04 bits per heavy atom. The molecule has 0 radical (unpaired) electrons. The lowest BCUT2D eigenvalue weighted by atomic mass is 10.2. The second-order valence-corrected chi connectivity index (χ2v) is 8.97. The SMILES string of the molecule is O=C(Nc1cccc(C2SCCS2)c1)c1cc(-c2cccs2)[nH]n1. The molecule has 3 heterocycles. The van der Waals surface area contributed by atoms with Crippen molar-refractivity contribution < 1.29 is 4.79 Å². The van der Waals surface area contributed by atoms with E-state index < -0.39 is 0 Å². The van der Waals surface area contributed by atoms with Gasteiger partial charge in [0.1, 0.15) is 0 Å². The third-order valence-electron chi connectivity index (χ3n) is 3.64. The van der Waals surface area contributed by atoms with Crippen molar-refractivity contribution in [1.29, 1.82) is 0 Å². The standard InChI is InChI=1S/C17H15N3OS3/c21-16(14-10-13(19-20-14)15-5-2-6-22-15)18-12-4-1-3-11(9-12)17-23-7-8-24-17/h1-6,9-10,17H,7-8H2,(H,18,21)(H,19,20). The first-order valence-electron chi connectivity index (χ1n) is 7.53. The summed E-state index contributed by atoms with van der Waals surface area (Å²) >= 11 is 5.52. The van der Waals surface area contributed by atoms with Crippen LogP contribution in [0.25, 0.3) is 10.6 Å². The van der Waals surface area contributed by atoms with Gasteiger partial charge in [0.2, 0.25) is 0 Å². The number of amides is 1. The van der Waals surface area contributed by atoms with Gasteiger partial charge in [0, 0.05) is 17.2 Å². The van der Waals surface area contributed by atoms with Crippen LogP contribution in [0.4, 0.5) is 5.69 Å². The molecule has 1 saturated heterocycles. The van der Waals surface area contributed by atoms with Crippen LogP contribution in [0.15, 0.2) is 47.8 Å². The number of H-pyrrole nitrogens is 1. The normalized spacial score (nSPS) is 14.8. The van der Waals surface area contributed by atoms with Crippen molar-refractivity contribution in [2.45, 2.75) is 4.58 Å². The molecule has 1 aromatic carbocycles. The number of hydrogen-bond acceptors (Lipinski definition) is 5. The van der Waals surface area contributed by atoms with Crippen LogP contribution in [0.2, 0.25) is 0 Å². The van der Waals surface area contributed by atoms with Crippen LogP contribution >= 0.6 is 34.9 Å². The highest BCUT2D eigenvalue weighted by molar-refractivity contribution is 8.19. The molecular formula is C17H15N3OS3. The minimum Gasteiger partial charge on any atom is -0.321 e. The summed E-state index contributed by atoms with van der Waals surface area (Å²) in [5.74, 6) is 2.17. The van der Waals surface area contributed by atoms with Gasteiger partial charge in [-0.25, -0.2) is 0 Å². The predicted octanol–water partition coefficient (Wildman–Crippen LogP) is 4.87. The highest BCUT2D eigenvalue weighted by atomic mass is 32.2. The third kappa shape index (κ3) is 3.38. The fourth-order valence-electron chi connectivity index (χ4n) is 2.51. The fraction of sp³-hybridized carbons (Fsp3) is 0.176. The number of aromatic nitrogens is 2. The number of nitrogens with zero attached hydrogens (tertiary/aromatic N) is 1. The summed E-state index contributed by atoms with van der Waals surface area (Å²) in [6.07, 6.45) is 0. The Labute approximate surface area is 152 Å². The second kappa shape index (κ2) is 7.04. The maximum absolute atomic E-state index is 12.4. The number of thioether (sulfide) groups is 2. The molecule has 2 aromatic heterocycles. The number of rotatable bonds is 4. The van der Waals surface area contributed by atoms with Gasteiger partial charge in [0.15, 0.2) is 5.69 Å². The molecule has 1 amide bonds. The monoisotopic (exact) mass is 373 g/mol. The highest BCUT2D eigenvalue weighted by Gasteiger charge is 2.19. The van der Waals surface area contributed by atoms with Gasteiger partial charge in [-0.1, -0.05) is 18.2 Å². The maximum atomic E-state index is 12.4. The molecule has 0 aliphatic carbocycles. The minimum atomic E-state index is -0.196. The average Bonchev–Trinajstić information content (AvgIpc) is 3.36. The van der Waals surface area contributed by atoms with E-state index in [-0.39, 0.29) is 5.91 Å². The van der Waals surface area contributed by atoms with Crippen LogP contribution in [0, 0.1) is 0 Å². The number of anilines is 1. The smallest absolute Gasteiger partial charge is 0.276 e. The molecule has 7 heteroatoms. The molecule has 3 aromatic rings. The quantitative estimate of drug-likeness (QED) is 0.685. The van der Waals surface area contributed by atoms with Gasteiger partial charge in [0.05, 0.1) is 15.2 Å². The van der Waals surface area contributed by atoms with Crippen molar-refractivity contribution in [2.24, 2.45) is 0 Å². The summed E-state index contributed by atoms with van der Waals surface area (Å²) in [5.41, 5.74) is 3.32. The molecule has 4 nitrogen and oxygen atoms in total. The van der Waals surface area contributed by atoms with E-state index in [0.717, 1.165) is 16.3 Å². The predicted molar refractivity (Wildman–Crippen MR) is 104 cm³/mol. The molecule has 0 bridgehead atoms. The zero-order chi connectivity index (χ0) is 16.4. The Hall–Kier alpha value is -1.70. The van der Waals surface area contributed by atoms with Gasteiger partial charge in [0.25, 0.3) is 5.91 Å². The van der Waals surface area contributed by atoms with Gasteiger partial charge in [-0.3, -0.25) is 9.89 Å². The highest BCUT2D eigenvalue weighted by Crippen LogP contribution is 2.45. The van der Waals surface area contributed by atoms with E-state index in [1.54, 1.807) is 17.4 Å². The van der Waals surface area contributed by atoms with E-state index in [9.17, 15) is 4.79 Å². The number of benzene rings is 1. The zero-order valence-corrected chi connectivity index (χ0v) is 15.1. The number of aromatic amines is 1. The van der Waals surface area contributed by atoms with Crippen molar-refractivity contribution >= 4 is 46.5 Å². The second-order valence-electron chi connectivity index (χ2n) is 5.30. The van der Waals surface area contributed by atoms with E-state index >= 15 is 0 Å². The summed E-state index contributed by atoms with van der Waals surface area (Å²) in [6.45, 7) is 0. The Balaban J connectivity index is 1.49. The van der Waals surface area contributed by atoms with Crippen molar-refractivity contribution in [3.05, 3.63) is 59.1 Å². The largest absolute Gasteiger partial charge is 0.321 e. The summed E-state index contributed by atoms with van der Waals surface area (Å²) in [7, 11) is 0. The molecule has 122 valence electrons. The molecule has 0 spiro atoms. The topological polar surface area (TPSA) is 57.8 Å². The summed E-state index contributed by atoms with van der Waals surface area (Å²) in [6, 6.07) is 13.8. The van der Waals surface area contributed by atoms with Crippen LogP contribution < -0.4 is 5.32 Å². The summed E-state index contributed by atoms with van der Waals surface area (Å²) in [4.78, 5) is 13.5. The molecule has 1 aliphatic rings. The molecule has 0 saturated carbocycles. The lowest BCUT2D eigenvalue weighted by molar-refractivity contribution is 0.102. The lowest BCUT2D eigenvalue weighted by Gasteiger charge is -2.10. The first-order chi connectivity index (χ1) is 11.8. The zero-order valence-electron chi connectivity index (χ0n) is 12.7. The van der Waals surface area contributed by atoms with Gasteiger partial charge >= 0.3 is 0 Å². The maximum Gasteiger partial charge on any atom is 0.276 e. The summed E-state index contributed by atoms with van der Waals surface area (Å²) in [5, 5.41) is 12.0. The summed E-state index contributed by atoms with van der Waals surface area (Å²) < 4.78 is 0.470. The Bertz CT molecular complexity index is 838. The molecule has 4 rings (SSSR count). The van der Waals surface area contributed by atoms with Crippen LogP contribution in [0.3, 0.4) is 0 Å². The molecule has 1 aliphatic heterocycles. The molecule has 0 atom stereocenters. The van der Waals surface area contributed by atoms with Crippen LogP contribution in [-0.4, -0.2) is 27.6 Å². The minimum absolute atomic E-state index is 0.196. The number of nitrogens with one attached hydrogen (secondary N) is 2. The number of carbonyl (C=O) groups is 1. The van der Waals surface area contributed by atoms with Crippen LogP contribution in [-0.2, 0) is 0 Å². The van der Waals surface area contributed by atoms with E-state index in [4.69, 9.17) is 0 Å². The van der Waals surface area contributed by atoms with Gasteiger partial charge in [-0.15, -0.1) is 34.9 Å². The Morgan fingerprint density at radius 3 is 2.83 bits per heavy atom. The molecular weight excluding hydrogens is 358 g/mol. The van der Waals surface area contributed by atoms with Crippen molar-refractivity contribution in [2.75, 3.05) is 16.8 Å². The van der Waals surface area contributed by atoms with Gasteiger partial charge in [-0.2, -0.15) is 5.10 Å². The number of thiophene rings is 1. The van der Waals surface area contributed by atoms with Gasteiger partial charge in [-0.05, 0) is 35.2 Å².